The molecule has 1 atom stereocenters. The molecule has 28 heavy (non-hydrogen) atoms. The lowest BCUT2D eigenvalue weighted by molar-refractivity contribution is -0.122. The van der Waals surface area contributed by atoms with Gasteiger partial charge in [-0.05, 0) is 43.4 Å². The van der Waals surface area contributed by atoms with Gasteiger partial charge < -0.3 is 5.32 Å². The standard InChI is InChI=1S/C22H27N3O2S/c1-13(2)20(17-9-7-6-8-14(17)3)24-18(26)10-11-25-12-23-21-19(22(25)27)15(4)16(5)28-21/h6-9,12-13,20H,10-11H2,1-5H3,(H,24,26). The Kier molecular flexibility index (Phi) is 5.98. The molecule has 0 radical (unpaired) electrons. The molecule has 148 valence electrons. The number of nitrogens with zero attached hydrogens (tertiary/aromatic N) is 2. The van der Waals surface area contributed by atoms with Crippen molar-refractivity contribution in [1.82, 2.24) is 14.9 Å². The van der Waals surface area contributed by atoms with Crippen molar-refractivity contribution in [2.24, 2.45) is 5.92 Å². The van der Waals surface area contributed by atoms with E-state index in [2.05, 4.69) is 43.2 Å². The van der Waals surface area contributed by atoms with Crippen molar-refractivity contribution in [3.63, 3.8) is 0 Å². The molecule has 1 unspecified atom stereocenters. The first-order valence-corrected chi connectivity index (χ1v) is 10.4. The Labute approximate surface area is 169 Å². The van der Waals surface area contributed by atoms with Crippen molar-refractivity contribution < 1.29 is 4.79 Å². The summed E-state index contributed by atoms with van der Waals surface area (Å²) in [7, 11) is 0. The van der Waals surface area contributed by atoms with Crippen LogP contribution < -0.4 is 10.9 Å². The number of aromatic nitrogens is 2. The van der Waals surface area contributed by atoms with E-state index < -0.39 is 0 Å². The minimum atomic E-state index is -0.0704. The Morgan fingerprint density at radius 3 is 2.61 bits per heavy atom. The summed E-state index contributed by atoms with van der Waals surface area (Å²) in [5.41, 5.74) is 3.21. The van der Waals surface area contributed by atoms with E-state index in [1.807, 2.05) is 26.0 Å². The summed E-state index contributed by atoms with van der Waals surface area (Å²) in [5.74, 6) is 0.203. The number of benzene rings is 1. The quantitative estimate of drug-likeness (QED) is 0.675. The van der Waals surface area contributed by atoms with Crippen LogP contribution in [0.1, 0.15) is 47.9 Å². The highest BCUT2D eigenvalue weighted by Gasteiger charge is 2.20. The van der Waals surface area contributed by atoms with Crippen LogP contribution in [0, 0.1) is 26.7 Å². The van der Waals surface area contributed by atoms with Gasteiger partial charge in [-0.15, -0.1) is 11.3 Å². The second-order valence-electron chi connectivity index (χ2n) is 7.60. The summed E-state index contributed by atoms with van der Waals surface area (Å²) in [6.45, 7) is 10.5. The Bertz CT molecular complexity index is 1070. The van der Waals surface area contributed by atoms with E-state index in [-0.39, 0.29) is 29.8 Å². The molecule has 0 aliphatic carbocycles. The number of amides is 1. The van der Waals surface area contributed by atoms with Gasteiger partial charge in [-0.1, -0.05) is 38.1 Å². The smallest absolute Gasteiger partial charge is 0.262 e. The first kappa shape index (κ1) is 20.3. The Morgan fingerprint density at radius 2 is 1.93 bits per heavy atom. The maximum Gasteiger partial charge on any atom is 0.262 e. The van der Waals surface area contributed by atoms with E-state index >= 15 is 0 Å². The molecule has 6 heteroatoms. The zero-order chi connectivity index (χ0) is 20.4. The van der Waals surface area contributed by atoms with Crippen molar-refractivity contribution in [2.75, 3.05) is 0 Å². The largest absolute Gasteiger partial charge is 0.349 e. The monoisotopic (exact) mass is 397 g/mol. The number of fused-ring (bicyclic) bond motifs is 1. The number of hydrogen-bond donors (Lipinski definition) is 1. The molecular weight excluding hydrogens is 370 g/mol. The predicted molar refractivity (Wildman–Crippen MR) is 115 cm³/mol. The second kappa shape index (κ2) is 8.27. The number of rotatable bonds is 6. The van der Waals surface area contributed by atoms with Crippen LogP contribution in [0.3, 0.4) is 0 Å². The van der Waals surface area contributed by atoms with Gasteiger partial charge >= 0.3 is 0 Å². The molecule has 0 saturated heterocycles. The third-order valence-electron chi connectivity index (χ3n) is 5.24. The lowest BCUT2D eigenvalue weighted by Crippen LogP contribution is -2.33. The fraction of sp³-hybridized carbons (Fsp3) is 0.409. The van der Waals surface area contributed by atoms with E-state index in [1.54, 1.807) is 10.9 Å². The Morgan fingerprint density at radius 1 is 1.21 bits per heavy atom. The SMILES string of the molecule is Cc1ccccc1C(NC(=O)CCn1cnc2sc(C)c(C)c2c1=O)C(C)C. The molecule has 2 heterocycles. The van der Waals surface area contributed by atoms with Crippen LogP contribution in [0.5, 0.6) is 0 Å². The molecule has 1 amide bonds. The van der Waals surface area contributed by atoms with Gasteiger partial charge in [0.25, 0.3) is 5.56 Å². The molecule has 0 aliphatic heterocycles. The van der Waals surface area contributed by atoms with E-state index in [9.17, 15) is 9.59 Å². The third-order valence-corrected chi connectivity index (χ3v) is 6.36. The number of carbonyl (C=O) groups is 1. The highest BCUT2D eigenvalue weighted by Crippen LogP contribution is 2.26. The summed E-state index contributed by atoms with van der Waals surface area (Å²) in [4.78, 5) is 31.7. The topological polar surface area (TPSA) is 64.0 Å². The van der Waals surface area contributed by atoms with Gasteiger partial charge in [0.1, 0.15) is 4.83 Å². The first-order chi connectivity index (χ1) is 13.3. The van der Waals surface area contributed by atoms with Crippen molar-refractivity contribution in [3.05, 3.63) is 62.5 Å². The van der Waals surface area contributed by atoms with Gasteiger partial charge in [-0.3, -0.25) is 14.2 Å². The van der Waals surface area contributed by atoms with Gasteiger partial charge in [-0.2, -0.15) is 0 Å². The summed E-state index contributed by atoms with van der Waals surface area (Å²) < 4.78 is 1.54. The number of aryl methyl sites for hydroxylation is 4. The second-order valence-corrected chi connectivity index (χ2v) is 8.81. The van der Waals surface area contributed by atoms with Gasteiger partial charge in [-0.25, -0.2) is 4.98 Å². The highest BCUT2D eigenvalue weighted by atomic mass is 32.1. The summed E-state index contributed by atoms with van der Waals surface area (Å²) >= 11 is 1.53. The van der Waals surface area contributed by atoms with Crippen molar-refractivity contribution in [1.29, 1.82) is 0 Å². The molecule has 1 N–H and O–H groups in total. The molecular formula is C22H27N3O2S. The molecule has 3 rings (SSSR count). The lowest BCUT2D eigenvalue weighted by atomic mass is 9.92. The molecule has 1 aromatic carbocycles. The van der Waals surface area contributed by atoms with Crippen molar-refractivity contribution >= 4 is 27.5 Å². The molecule has 0 fully saturated rings. The molecule has 0 saturated carbocycles. The van der Waals surface area contributed by atoms with E-state index in [0.717, 1.165) is 26.4 Å². The molecule has 3 aromatic rings. The van der Waals surface area contributed by atoms with Gasteiger partial charge in [0.15, 0.2) is 0 Å². The molecule has 0 aliphatic rings. The fourth-order valence-electron chi connectivity index (χ4n) is 3.44. The van der Waals surface area contributed by atoms with Gasteiger partial charge in [0, 0.05) is 17.8 Å². The van der Waals surface area contributed by atoms with Crippen molar-refractivity contribution in [3.8, 4) is 0 Å². The van der Waals surface area contributed by atoms with Gasteiger partial charge in [0.05, 0.1) is 17.8 Å². The van der Waals surface area contributed by atoms with Crippen LogP contribution >= 0.6 is 11.3 Å². The van der Waals surface area contributed by atoms with Gasteiger partial charge in [0.2, 0.25) is 5.91 Å². The van der Waals surface area contributed by atoms with E-state index in [0.29, 0.717) is 11.9 Å². The van der Waals surface area contributed by atoms with Crippen LogP contribution in [-0.4, -0.2) is 15.5 Å². The number of hydrogen-bond acceptors (Lipinski definition) is 4. The minimum absolute atomic E-state index is 0.0483. The van der Waals surface area contributed by atoms with Crippen LogP contribution in [0.4, 0.5) is 0 Å². The zero-order valence-electron chi connectivity index (χ0n) is 17.1. The molecule has 0 spiro atoms. The predicted octanol–water partition coefficient (Wildman–Crippen LogP) is 4.29. The highest BCUT2D eigenvalue weighted by molar-refractivity contribution is 7.18. The average Bonchev–Trinajstić information content (AvgIpc) is 2.94. The average molecular weight is 398 g/mol. The summed E-state index contributed by atoms with van der Waals surface area (Å²) in [5, 5.41) is 3.81. The van der Waals surface area contributed by atoms with Crippen molar-refractivity contribution in [2.45, 2.75) is 53.6 Å². The maximum absolute atomic E-state index is 12.8. The maximum atomic E-state index is 12.8. The molecule has 0 bridgehead atoms. The first-order valence-electron chi connectivity index (χ1n) is 9.59. The van der Waals surface area contributed by atoms with Crippen LogP contribution in [0.15, 0.2) is 35.4 Å². The van der Waals surface area contributed by atoms with Crippen LogP contribution in [0.2, 0.25) is 0 Å². The molecule has 5 nitrogen and oxygen atoms in total. The lowest BCUT2D eigenvalue weighted by Gasteiger charge is -2.24. The Hall–Kier alpha value is -2.47. The van der Waals surface area contributed by atoms with Crippen LogP contribution in [-0.2, 0) is 11.3 Å². The van der Waals surface area contributed by atoms with E-state index in [1.165, 1.54) is 11.3 Å². The zero-order valence-corrected chi connectivity index (χ0v) is 17.9. The number of thiophene rings is 1. The minimum Gasteiger partial charge on any atom is -0.349 e. The number of carbonyl (C=O) groups excluding carboxylic acids is 1. The number of nitrogens with one attached hydrogen (secondary N) is 1. The van der Waals surface area contributed by atoms with E-state index in [4.69, 9.17) is 0 Å². The Balaban J connectivity index is 1.74. The summed E-state index contributed by atoms with van der Waals surface area (Å²) in [6, 6.07) is 8.07. The fourth-order valence-corrected chi connectivity index (χ4v) is 4.42. The normalized spacial score (nSPS) is 12.5. The molecule has 2 aromatic heterocycles. The summed E-state index contributed by atoms with van der Waals surface area (Å²) in [6.07, 6.45) is 1.79. The van der Waals surface area contributed by atoms with Crippen LogP contribution in [0.25, 0.3) is 10.2 Å². The third kappa shape index (κ3) is 4.02.